The van der Waals surface area contributed by atoms with Crippen LogP contribution in [0.5, 0.6) is 5.75 Å². The average Bonchev–Trinajstić information content (AvgIpc) is 2.75. The first kappa shape index (κ1) is 19.5. The zero-order chi connectivity index (χ0) is 20.2. The van der Waals surface area contributed by atoms with Gasteiger partial charge in [0.15, 0.2) is 0 Å². The maximum absolute atomic E-state index is 12.8. The Hall–Kier alpha value is -2.85. The predicted octanol–water partition coefficient (Wildman–Crippen LogP) is 5.06. The molecule has 1 aromatic heterocycles. The van der Waals surface area contributed by atoms with Crippen LogP contribution in [-0.4, -0.2) is 34.0 Å². The Labute approximate surface area is 175 Å². The van der Waals surface area contributed by atoms with Crippen LogP contribution in [0.4, 0.5) is 0 Å². The highest BCUT2D eigenvalue weighted by atomic mass is 35.5. The van der Waals surface area contributed by atoms with E-state index in [1.54, 1.807) is 24.3 Å². The van der Waals surface area contributed by atoms with Crippen LogP contribution >= 0.6 is 11.6 Å². The fourth-order valence-electron chi connectivity index (χ4n) is 3.83. The molecular formula is C24H23ClN2O2. The van der Waals surface area contributed by atoms with Gasteiger partial charge in [0, 0.05) is 35.3 Å². The minimum atomic E-state index is 0.117. The summed E-state index contributed by atoms with van der Waals surface area (Å²) in [7, 11) is 0. The number of carbonyl (C=O) groups is 1. The molecule has 0 unspecified atom stereocenters. The van der Waals surface area contributed by atoms with Gasteiger partial charge in [-0.05, 0) is 54.8 Å². The topological polar surface area (TPSA) is 53.4 Å². The van der Waals surface area contributed by atoms with Gasteiger partial charge in [0.1, 0.15) is 5.75 Å². The Morgan fingerprint density at radius 3 is 2.69 bits per heavy atom. The van der Waals surface area contributed by atoms with E-state index in [2.05, 4.69) is 0 Å². The number of rotatable bonds is 4. The van der Waals surface area contributed by atoms with E-state index in [1.807, 2.05) is 47.4 Å². The van der Waals surface area contributed by atoms with E-state index in [-0.39, 0.29) is 17.6 Å². The van der Waals surface area contributed by atoms with Gasteiger partial charge in [0.05, 0.1) is 12.1 Å². The molecule has 1 saturated heterocycles. The smallest absolute Gasteiger partial charge is 0.227 e. The number of hydrogen-bond acceptors (Lipinski definition) is 3. The van der Waals surface area contributed by atoms with E-state index in [0.717, 1.165) is 41.9 Å². The Morgan fingerprint density at radius 1 is 1.10 bits per heavy atom. The average molecular weight is 407 g/mol. The summed E-state index contributed by atoms with van der Waals surface area (Å²) in [6.07, 6.45) is 2.34. The number of aromatic nitrogens is 1. The number of piperidine rings is 1. The van der Waals surface area contributed by atoms with Gasteiger partial charge in [-0.1, -0.05) is 41.9 Å². The molecule has 1 aliphatic rings. The first-order valence-electron chi connectivity index (χ1n) is 9.87. The molecule has 1 aliphatic heterocycles. The number of carbonyl (C=O) groups excluding carboxylic acids is 1. The van der Waals surface area contributed by atoms with E-state index in [1.165, 1.54) is 0 Å². The second-order valence-corrected chi connectivity index (χ2v) is 7.92. The lowest BCUT2D eigenvalue weighted by Crippen LogP contribution is -2.40. The summed E-state index contributed by atoms with van der Waals surface area (Å²) >= 11 is 6.13. The second kappa shape index (κ2) is 8.66. The van der Waals surface area contributed by atoms with Crippen LogP contribution in [0.15, 0.2) is 66.7 Å². The van der Waals surface area contributed by atoms with Gasteiger partial charge >= 0.3 is 0 Å². The lowest BCUT2D eigenvalue weighted by molar-refractivity contribution is -0.131. The first-order valence-corrected chi connectivity index (χ1v) is 10.2. The van der Waals surface area contributed by atoms with Gasteiger partial charge in [0.25, 0.3) is 0 Å². The normalized spacial score (nSPS) is 16.6. The number of phenolic OH excluding ortho intramolecular Hbond substituents is 1. The van der Waals surface area contributed by atoms with Crippen LogP contribution in [-0.2, 0) is 11.2 Å². The number of aromatic hydroxyl groups is 1. The fraction of sp³-hybridized carbons (Fsp3) is 0.250. The molecule has 4 nitrogen and oxygen atoms in total. The van der Waals surface area contributed by atoms with Crippen molar-refractivity contribution in [3.8, 4) is 17.0 Å². The molecular weight excluding hydrogens is 384 g/mol. The third-order valence-electron chi connectivity index (χ3n) is 5.38. The highest BCUT2D eigenvalue weighted by Gasteiger charge is 2.25. The highest BCUT2D eigenvalue weighted by molar-refractivity contribution is 6.30. The summed E-state index contributed by atoms with van der Waals surface area (Å²) in [5, 5.41) is 10.1. The van der Waals surface area contributed by atoms with Crippen LogP contribution in [0.1, 0.15) is 30.0 Å². The summed E-state index contributed by atoms with van der Waals surface area (Å²) in [5.74, 6) is 0.558. The van der Waals surface area contributed by atoms with Gasteiger partial charge < -0.3 is 10.0 Å². The second-order valence-electron chi connectivity index (χ2n) is 7.48. The summed E-state index contributed by atoms with van der Waals surface area (Å²) in [6, 6.07) is 20.6. The van der Waals surface area contributed by atoms with Gasteiger partial charge in [-0.2, -0.15) is 0 Å². The fourth-order valence-corrected chi connectivity index (χ4v) is 4.02. The largest absolute Gasteiger partial charge is 0.508 e. The van der Waals surface area contributed by atoms with Gasteiger partial charge in [-0.3, -0.25) is 9.78 Å². The summed E-state index contributed by atoms with van der Waals surface area (Å²) in [5.41, 5.74) is 3.83. The molecule has 5 heteroatoms. The van der Waals surface area contributed by atoms with Crippen molar-refractivity contribution in [1.82, 2.24) is 9.88 Å². The number of halogens is 1. The zero-order valence-electron chi connectivity index (χ0n) is 16.1. The molecule has 2 heterocycles. The first-order chi connectivity index (χ1) is 14.1. The van der Waals surface area contributed by atoms with Crippen molar-refractivity contribution in [2.75, 3.05) is 13.1 Å². The summed E-state index contributed by atoms with van der Waals surface area (Å²) < 4.78 is 0. The van der Waals surface area contributed by atoms with Gasteiger partial charge in [-0.15, -0.1) is 0 Å². The maximum Gasteiger partial charge on any atom is 0.227 e. The molecule has 1 fully saturated rings. The molecule has 1 atom stereocenters. The molecule has 4 rings (SSSR count). The van der Waals surface area contributed by atoms with E-state index in [0.29, 0.717) is 18.0 Å². The molecule has 0 aliphatic carbocycles. The van der Waals surface area contributed by atoms with E-state index in [9.17, 15) is 9.90 Å². The lowest BCUT2D eigenvalue weighted by Gasteiger charge is -2.32. The number of likely N-dealkylation sites (tertiary alicyclic amines) is 1. The SMILES string of the molecule is O=C(Cc1ccc(O)cc1)N1CCC[C@H](c2cccc(-c3cccc(Cl)c3)n2)C1. The highest BCUT2D eigenvalue weighted by Crippen LogP contribution is 2.28. The van der Waals surface area contributed by atoms with Crippen molar-refractivity contribution in [3.05, 3.63) is 83.0 Å². The molecule has 0 bridgehead atoms. The third kappa shape index (κ3) is 4.77. The van der Waals surface area contributed by atoms with E-state index >= 15 is 0 Å². The lowest BCUT2D eigenvalue weighted by atomic mass is 9.93. The van der Waals surface area contributed by atoms with Crippen molar-refractivity contribution in [2.45, 2.75) is 25.2 Å². The number of pyridine rings is 1. The molecule has 1 amide bonds. The molecule has 1 N–H and O–H groups in total. The molecule has 0 saturated carbocycles. The standard InChI is InChI=1S/C24H23ClN2O2/c25-20-6-1-4-18(15-20)22-7-2-8-23(26-22)19-5-3-13-27(16-19)24(29)14-17-9-11-21(28)12-10-17/h1-2,4,6-12,15,19,28H,3,5,13-14,16H2/t19-/m0/s1. The number of hydrogen-bond donors (Lipinski definition) is 1. The minimum absolute atomic E-state index is 0.117. The molecule has 2 aromatic carbocycles. The van der Waals surface area contributed by atoms with Crippen LogP contribution in [0, 0.1) is 0 Å². The van der Waals surface area contributed by atoms with Crippen LogP contribution in [0.3, 0.4) is 0 Å². The van der Waals surface area contributed by atoms with Crippen molar-refractivity contribution in [3.63, 3.8) is 0 Å². The Bertz CT molecular complexity index is 1000. The monoisotopic (exact) mass is 406 g/mol. The van der Waals surface area contributed by atoms with Crippen molar-refractivity contribution in [2.24, 2.45) is 0 Å². The third-order valence-corrected chi connectivity index (χ3v) is 5.61. The van der Waals surface area contributed by atoms with Crippen LogP contribution < -0.4 is 0 Å². The maximum atomic E-state index is 12.8. The van der Waals surface area contributed by atoms with Gasteiger partial charge in [0.2, 0.25) is 5.91 Å². The minimum Gasteiger partial charge on any atom is -0.508 e. The van der Waals surface area contributed by atoms with Gasteiger partial charge in [-0.25, -0.2) is 0 Å². The van der Waals surface area contributed by atoms with E-state index in [4.69, 9.17) is 16.6 Å². The van der Waals surface area contributed by atoms with E-state index < -0.39 is 0 Å². The van der Waals surface area contributed by atoms with Crippen LogP contribution in [0.25, 0.3) is 11.3 Å². The Kier molecular flexibility index (Phi) is 5.81. The molecule has 0 spiro atoms. The summed E-state index contributed by atoms with van der Waals surface area (Å²) in [4.78, 5) is 19.6. The molecule has 3 aromatic rings. The van der Waals surface area contributed by atoms with Crippen LogP contribution in [0.2, 0.25) is 5.02 Å². The number of benzene rings is 2. The zero-order valence-corrected chi connectivity index (χ0v) is 16.8. The Morgan fingerprint density at radius 2 is 1.90 bits per heavy atom. The number of amides is 1. The summed E-state index contributed by atoms with van der Waals surface area (Å²) in [6.45, 7) is 1.46. The van der Waals surface area contributed by atoms with Crippen molar-refractivity contribution in [1.29, 1.82) is 0 Å². The number of phenols is 1. The predicted molar refractivity (Wildman–Crippen MR) is 115 cm³/mol. The quantitative estimate of drug-likeness (QED) is 0.659. The Balaban J connectivity index is 1.47. The molecule has 0 radical (unpaired) electrons. The molecule has 148 valence electrons. The van der Waals surface area contributed by atoms with Crippen molar-refractivity contribution >= 4 is 17.5 Å². The number of nitrogens with zero attached hydrogens (tertiary/aromatic N) is 2. The molecule has 29 heavy (non-hydrogen) atoms. The van der Waals surface area contributed by atoms with Crippen molar-refractivity contribution < 1.29 is 9.90 Å².